The topological polar surface area (TPSA) is 6.48 Å². The van der Waals surface area contributed by atoms with Crippen LogP contribution in [0, 0.1) is 29.6 Å². The molecule has 10 rings (SSSR count). The van der Waals surface area contributed by atoms with Gasteiger partial charge >= 0.3 is 0 Å². The zero-order valence-corrected chi connectivity index (χ0v) is 40.1. The molecule has 2 unspecified atom stereocenters. The number of aryl methyl sites for hydroxylation is 1. The molecule has 0 saturated heterocycles. The van der Waals surface area contributed by atoms with E-state index in [-0.39, 0.29) is 33.8 Å². The lowest BCUT2D eigenvalue weighted by Gasteiger charge is -2.45. The minimum Gasteiger partial charge on any atom is -0.312 e. The molecule has 1 aromatic heterocycles. The van der Waals surface area contributed by atoms with E-state index in [4.69, 9.17) is 0 Å². The van der Waals surface area contributed by atoms with Gasteiger partial charge in [0.25, 0.3) is 6.71 Å². The lowest BCUT2D eigenvalue weighted by molar-refractivity contribution is 0.293. The molecule has 2 atom stereocenters. The molecule has 0 saturated carbocycles. The maximum atomic E-state index is 2.69. The van der Waals surface area contributed by atoms with Crippen LogP contribution in [0.1, 0.15) is 136 Å². The van der Waals surface area contributed by atoms with Crippen LogP contribution in [0.3, 0.4) is 0 Å². The molecule has 2 aliphatic heterocycles. The number of allylic oxidation sites excluding steroid dienone is 6. The van der Waals surface area contributed by atoms with Gasteiger partial charge in [-0.25, -0.2) is 0 Å². The predicted molar refractivity (Wildman–Crippen MR) is 267 cm³/mol. The molecule has 0 bridgehead atoms. The Morgan fingerprint density at radius 1 is 0.623 bits per heavy atom. The van der Waals surface area contributed by atoms with E-state index in [1.165, 1.54) is 93.3 Å². The van der Waals surface area contributed by atoms with Gasteiger partial charge in [-0.2, -0.15) is 0 Å². The molecule has 0 radical (unpaired) electrons. The minimum atomic E-state index is -0.136. The summed E-state index contributed by atoms with van der Waals surface area (Å²) in [6, 6.07) is 26.7. The smallest absolute Gasteiger partial charge is 0.264 e. The summed E-state index contributed by atoms with van der Waals surface area (Å²) in [5.74, 6) is 1.00. The van der Waals surface area contributed by atoms with Crippen molar-refractivity contribution < 1.29 is 0 Å². The lowest BCUT2D eigenvalue weighted by Crippen LogP contribution is -2.61. The average molecular weight is 821 g/mol. The third-order valence-electron chi connectivity index (χ3n) is 15.4. The summed E-state index contributed by atoms with van der Waals surface area (Å²) in [7, 11) is 0. The van der Waals surface area contributed by atoms with Crippen LogP contribution in [0.2, 0.25) is 0 Å². The number of hydrogen-bond acceptors (Lipinski definition) is 3. The van der Waals surface area contributed by atoms with Crippen molar-refractivity contribution in [3.8, 4) is 0 Å². The molecule has 2 nitrogen and oxygen atoms in total. The maximum absolute atomic E-state index is 2.69. The first-order valence-corrected chi connectivity index (χ1v) is 23.8. The summed E-state index contributed by atoms with van der Waals surface area (Å²) in [6.45, 7) is 33.6. The zero-order valence-electron chi connectivity index (χ0n) is 39.3. The summed E-state index contributed by atoms with van der Waals surface area (Å²) in [5.41, 5.74) is 19.5. The molecule has 5 aromatic rings. The number of anilines is 4. The predicted octanol–water partition coefficient (Wildman–Crippen LogP) is 13.9. The highest BCUT2D eigenvalue weighted by atomic mass is 32.1. The number of hydrogen-bond donors (Lipinski definition) is 0. The quantitative estimate of drug-likeness (QED) is 0.164. The van der Waals surface area contributed by atoms with Gasteiger partial charge in [0.2, 0.25) is 0 Å². The first-order chi connectivity index (χ1) is 28.6. The fourth-order valence-electron chi connectivity index (χ4n) is 11.5. The third kappa shape index (κ3) is 6.01. The van der Waals surface area contributed by atoms with Gasteiger partial charge in [-0.15, -0.1) is 11.3 Å². The van der Waals surface area contributed by atoms with Crippen LogP contribution in [-0.2, 0) is 16.2 Å². The highest BCUT2D eigenvalue weighted by Gasteiger charge is 2.48. The van der Waals surface area contributed by atoms with Gasteiger partial charge in [-0.3, -0.25) is 0 Å². The van der Waals surface area contributed by atoms with Gasteiger partial charge in [0.05, 0.1) is 5.69 Å². The molecule has 3 heterocycles. The van der Waals surface area contributed by atoms with Gasteiger partial charge in [0, 0.05) is 54.1 Å². The van der Waals surface area contributed by atoms with Crippen LogP contribution in [0.5, 0.6) is 0 Å². The van der Waals surface area contributed by atoms with Crippen LogP contribution in [0.15, 0.2) is 115 Å². The van der Waals surface area contributed by atoms with Crippen LogP contribution < -0.4 is 25.5 Å². The molecule has 0 amide bonds. The molecule has 5 aliphatic rings. The maximum Gasteiger partial charge on any atom is 0.264 e. The van der Waals surface area contributed by atoms with E-state index in [0.717, 1.165) is 12.8 Å². The van der Waals surface area contributed by atoms with E-state index in [1.54, 1.807) is 0 Å². The van der Waals surface area contributed by atoms with Gasteiger partial charge < -0.3 is 9.80 Å². The van der Waals surface area contributed by atoms with Crippen molar-refractivity contribution in [3.05, 3.63) is 148 Å². The fourth-order valence-corrected chi connectivity index (χ4v) is 12.8. The van der Waals surface area contributed by atoms with Crippen molar-refractivity contribution >= 4 is 66.6 Å². The largest absolute Gasteiger partial charge is 0.312 e. The van der Waals surface area contributed by atoms with Gasteiger partial charge in [0.1, 0.15) is 0 Å². The Hall–Kier alpha value is -4.54. The average Bonchev–Trinajstić information content (AvgIpc) is 3.57. The second-order valence-electron chi connectivity index (χ2n) is 23.2. The molecule has 0 spiro atoms. The standard InChI is InChI=1S/C57H65BN2S/c1-34-30-37(55(8,9)10)31-45-50(34)59(38-26-22-35(23-27-38)53(2,3)4)46-20-17-21-47-49(46)58(45)52-51(60(47)39-28-24-36(25-29-39)54(5,6)7)40-32-43-44(33-48(40)61-52)57(13,14)42-19-16-15-18-41(42)56(43,11)12/h15-22,24,26-33,35-36H,23,25H2,1-14H3. The summed E-state index contributed by atoms with van der Waals surface area (Å²) in [5, 5.41) is 1.38. The van der Waals surface area contributed by atoms with Crippen molar-refractivity contribution in [1.29, 1.82) is 0 Å². The number of rotatable bonds is 2. The summed E-state index contributed by atoms with van der Waals surface area (Å²) in [4.78, 5) is 5.32. The van der Waals surface area contributed by atoms with Gasteiger partial charge in [-0.1, -0.05) is 157 Å². The first-order valence-electron chi connectivity index (χ1n) is 22.9. The van der Waals surface area contributed by atoms with E-state index >= 15 is 0 Å². The number of fused-ring (bicyclic) bond motifs is 8. The highest BCUT2D eigenvalue weighted by Crippen LogP contribution is 2.54. The highest BCUT2D eigenvalue weighted by molar-refractivity contribution is 7.33. The van der Waals surface area contributed by atoms with Crippen LogP contribution in [0.4, 0.5) is 22.7 Å². The van der Waals surface area contributed by atoms with E-state index in [9.17, 15) is 0 Å². The Morgan fingerprint density at radius 3 is 1.64 bits per heavy atom. The Labute approximate surface area is 371 Å². The molecule has 61 heavy (non-hydrogen) atoms. The van der Waals surface area contributed by atoms with E-state index in [2.05, 4.69) is 210 Å². The van der Waals surface area contributed by atoms with Gasteiger partial charge in [-0.05, 0) is 129 Å². The summed E-state index contributed by atoms with van der Waals surface area (Å²) >= 11 is 2.05. The second-order valence-corrected chi connectivity index (χ2v) is 24.3. The Bertz CT molecular complexity index is 2800. The Kier molecular flexibility index (Phi) is 8.80. The first kappa shape index (κ1) is 40.5. The van der Waals surface area contributed by atoms with Crippen molar-refractivity contribution in [2.75, 3.05) is 9.80 Å². The van der Waals surface area contributed by atoms with Crippen LogP contribution >= 0.6 is 11.3 Å². The number of thiophene rings is 1. The Balaban J connectivity index is 1.28. The van der Waals surface area contributed by atoms with Crippen LogP contribution in [-0.4, -0.2) is 6.71 Å². The second kappa shape index (κ2) is 13.2. The van der Waals surface area contributed by atoms with Crippen molar-refractivity contribution in [1.82, 2.24) is 0 Å². The van der Waals surface area contributed by atoms with Crippen molar-refractivity contribution in [2.24, 2.45) is 22.7 Å². The SMILES string of the molecule is Cc1cc(C(C)(C)C)cc2c1N(C1=CCC(C(C)(C)C)C=C1)c1cccc3c1B2c1sc2cc4c(cc2c1N3C1=CCC(C(C)(C)C)C=C1)C(C)(C)c1ccccc1C4(C)C. The molecule has 4 heteroatoms. The zero-order chi connectivity index (χ0) is 43.3. The van der Waals surface area contributed by atoms with Gasteiger partial charge in [0.15, 0.2) is 0 Å². The third-order valence-corrected chi connectivity index (χ3v) is 16.6. The Morgan fingerprint density at radius 2 is 1.15 bits per heavy atom. The normalized spacial score (nSPS) is 21.0. The van der Waals surface area contributed by atoms with E-state index in [0.29, 0.717) is 11.8 Å². The lowest BCUT2D eigenvalue weighted by atomic mass is 9.35. The molecule has 312 valence electrons. The van der Waals surface area contributed by atoms with E-state index in [1.807, 2.05) is 11.3 Å². The molecule has 0 N–H and O–H groups in total. The van der Waals surface area contributed by atoms with Crippen molar-refractivity contribution in [2.45, 2.75) is 126 Å². The van der Waals surface area contributed by atoms with Crippen LogP contribution in [0.25, 0.3) is 10.1 Å². The summed E-state index contributed by atoms with van der Waals surface area (Å²) < 4.78 is 2.85. The number of benzene rings is 4. The van der Waals surface area contributed by atoms with Crippen molar-refractivity contribution in [3.63, 3.8) is 0 Å². The summed E-state index contributed by atoms with van der Waals surface area (Å²) in [6.07, 6.45) is 17.0. The minimum absolute atomic E-state index is 0.00454. The molecular formula is C57H65BN2S. The number of nitrogens with zero attached hydrogens (tertiary/aromatic N) is 2. The molecule has 4 aromatic carbocycles. The van der Waals surface area contributed by atoms with E-state index < -0.39 is 0 Å². The monoisotopic (exact) mass is 820 g/mol. The fraction of sp³-hybridized carbons (Fsp3) is 0.404. The molecular weight excluding hydrogens is 756 g/mol. The molecule has 0 fully saturated rings. The molecule has 3 aliphatic carbocycles.